The third-order valence-corrected chi connectivity index (χ3v) is 5.10. The Labute approximate surface area is 170 Å². The van der Waals surface area contributed by atoms with Crippen molar-refractivity contribution in [3.63, 3.8) is 0 Å². The number of ether oxygens (including phenoxy) is 3. The average Bonchev–Trinajstić information content (AvgIpc) is 3.10. The van der Waals surface area contributed by atoms with Crippen LogP contribution in [0.15, 0.2) is 30.3 Å². The first-order valence-electron chi connectivity index (χ1n) is 9.36. The molecule has 1 fully saturated rings. The molecule has 1 saturated heterocycles. The van der Waals surface area contributed by atoms with Gasteiger partial charge in [0.05, 0.1) is 32.9 Å². The Balaban J connectivity index is 1.80. The van der Waals surface area contributed by atoms with E-state index in [1.165, 1.54) is 21.3 Å². The fourth-order valence-corrected chi connectivity index (χ4v) is 3.54. The predicted octanol–water partition coefficient (Wildman–Crippen LogP) is 3.32. The molecule has 0 aromatic heterocycles. The van der Waals surface area contributed by atoms with Gasteiger partial charge in [-0.25, -0.2) is 0 Å². The van der Waals surface area contributed by atoms with Crippen LogP contribution in [0.2, 0.25) is 0 Å². The van der Waals surface area contributed by atoms with Crippen molar-refractivity contribution >= 4 is 23.2 Å². The molecule has 0 aliphatic carbocycles. The Morgan fingerprint density at radius 1 is 1.03 bits per heavy atom. The minimum atomic E-state index is -0.442. The molecule has 1 heterocycles. The van der Waals surface area contributed by atoms with Crippen molar-refractivity contribution in [2.24, 2.45) is 5.92 Å². The average molecular weight is 398 g/mol. The lowest BCUT2D eigenvalue weighted by molar-refractivity contribution is -0.122. The van der Waals surface area contributed by atoms with Gasteiger partial charge in [-0.1, -0.05) is 17.7 Å². The van der Waals surface area contributed by atoms with E-state index in [1.54, 1.807) is 17.0 Å². The number of amides is 2. The highest BCUT2D eigenvalue weighted by Gasteiger charge is 2.36. The number of carbonyl (C=O) groups excluding carboxylic acids is 2. The van der Waals surface area contributed by atoms with E-state index < -0.39 is 5.92 Å². The maximum atomic E-state index is 12.8. The molecule has 1 atom stereocenters. The van der Waals surface area contributed by atoms with Gasteiger partial charge in [0, 0.05) is 30.8 Å². The summed E-state index contributed by atoms with van der Waals surface area (Å²) in [6.07, 6.45) is 0.146. The van der Waals surface area contributed by atoms with Crippen molar-refractivity contribution in [2.45, 2.75) is 20.3 Å². The van der Waals surface area contributed by atoms with E-state index >= 15 is 0 Å². The smallest absolute Gasteiger partial charge is 0.229 e. The molecule has 2 aromatic rings. The molecular weight excluding hydrogens is 372 g/mol. The summed E-state index contributed by atoms with van der Waals surface area (Å²) in [5, 5.41) is 2.95. The molecule has 0 unspecified atom stereocenters. The molecule has 0 spiro atoms. The Morgan fingerprint density at radius 2 is 1.69 bits per heavy atom. The Hall–Kier alpha value is -3.22. The van der Waals surface area contributed by atoms with Crippen molar-refractivity contribution in [2.75, 3.05) is 38.1 Å². The summed E-state index contributed by atoms with van der Waals surface area (Å²) in [4.78, 5) is 27.0. The van der Waals surface area contributed by atoms with Crippen molar-refractivity contribution in [3.05, 3.63) is 41.5 Å². The van der Waals surface area contributed by atoms with Gasteiger partial charge in [0.15, 0.2) is 11.5 Å². The van der Waals surface area contributed by atoms with Crippen molar-refractivity contribution in [1.29, 1.82) is 0 Å². The quantitative estimate of drug-likeness (QED) is 0.808. The number of hydrogen-bond donors (Lipinski definition) is 1. The zero-order chi connectivity index (χ0) is 21.1. The molecule has 1 aliphatic rings. The summed E-state index contributed by atoms with van der Waals surface area (Å²) in [6.45, 7) is 4.24. The molecular formula is C22H26N2O5. The number of nitrogens with zero attached hydrogens (tertiary/aromatic N) is 1. The molecule has 0 bridgehead atoms. The van der Waals surface area contributed by atoms with E-state index in [0.717, 1.165) is 16.8 Å². The topological polar surface area (TPSA) is 77.1 Å². The SMILES string of the molecule is COc1cc(N2C[C@H](C(=O)Nc3ccc(C)cc3C)CC2=O)cc(OC)c1OC. The maximum Gasteiger partial charge on any atom is 0.229 e. The highest BCUT2D eigenvalue weighted by molar-refractivity contribution is 6.04. The third kappa shape index (κ3) is 4.13. The normalized spacial score (nSPS) is 16.0. The standard InChI is InChI=1S/C22H26N2O5/c1-13-6-7-17(14(2)8-13)23-22(26)15-9-20(25)24(12-15)16-10-18(27-3)21(29-5)19(11-16)28-4/h6-8,10-11,15H,9,12H2,1-5H3,(H,23,26)/t15-/m1/s1. The number of benzene rings is 2. The number of anilines is 2. The van der Waals surface area contributed by atoms with Crippen LogP contribution in [0.25, 0.3) is 0 Å². The van der Waals surface area contributed by atoms with E-state index in [0.29, 0.717) is 22.9 Å². The van der Waals surface area contributed by atoms with Gasteiger partial charge in [-0.15, -0.1) is 0 Å². The summed E-state index contributed by atoms with van der Waals surface area (Å²) in [7, 11) is 4.56. The van der Waals surface area contributed by atoms with Crippen LogP contribution < -0.4 is 24.4 Å². The summed E-state index contributed by atoms with van der Waals surface area (Å²) in [6, 6.07) is 9.27. The number of aryl methyl sites for hydroxylation is 2. The maximum absolute atomic E-state index is 12.8. The molecule has 3 rings (SSSR count). The summed E-state index contributed by atoms with van der Waals surface area (Å²) >= 11 is 0. The van der Waals surface area contributed by atoms with Crippen molar-refractivity contribution in [3.8, 4) is 17.2 Å². The number of carbonyl (C=O) groups is 2. The lowest BCUT2D eigenvalue weighted by Gasteiger charge is -2.20. The minimum absolute atomic E-state index is 0.125. The largest absolute Gasteiger partial charge is 0.493 e. The second kappa shape index (κ2) is 8.43. The van der Waals surface area contributed by atoms with Crippen molar-refractivity contribution in [1.82, 2.24) is 0 Å². The molecule has 2 aromatic carbocycles. The van der Waals surface area contributed by atoms with Gasteiger partial charge in [-0.05, 0) is 25.5 Å². The molecule has 1 aliphatic heterocycles. The fourth-order valence-electron chi connectivity index (χ4n) is 3.54. The summed E-state index contributed by atoms with van der Waals surface area (Å²) in [5.74, 6) is 0.632. The Kier molecular flexibility index (Phi) is 5.96. The molecule has 154 valence electrons. The van der Waals surface area contributed by atoms with E-state index in [4.69, 9.17) is 14.2 Å². The van der Waals surface area contributed by atoms with Crippen LogP contribution in [0.5, 0.6) is 17.2 Å². The monoisotopic (exact) mass is 398 g/mol. The zero-order valence-electron chi connectivity index (χ0n) is 17.4. The fraction of sp³-hybridized carbons (Fsp3) is 0.364. The van der Waals surface area contributed by atoms with E-state index in [-0.39, 0.29) is 24.8 Å². The third-order valence-electron chi connectivity index (χ3n) is 5.10. The van der Waals surface area contributed by atoms with Gasteiger partial charge in [0.25, 0.3) is 0 Å². The molecule has 0 radical (unpaired) electrons. The van der Waals surface area contributed by atoms with Crippen LogP contribution in [0.1, 0.15) is 17.5 Å². The van der Waals surface area contributed by atoms with Gasteiger partial charge >= 0.3 is 0 Å². The van der Waals surface area contributed by atoms with Crippen LogP contribution in [0.4, 0.5) is 11.4 Å². The first-order chi connectivity index (χ1) is 13.9. The van der Waals surface area contributed by atoms with Crippen LogP contribution in [0, 0.1) is 19.8 Å². The predicted molar refractivity (Wildman–Crippen MR) is 111 cm³/mol. The van der Waals surface area contributed by atoms with Crippen LogP contribution >= 0.6 is 0 Å². The minimum Gasteiger partial charge on any atom is -0.493 e. The van der Waals surface area contributed by atoms with E-state index in [1.807, 2.05) is 32.0 Å². The van der Waals surface area contributed by atoms with Crippen molar-refractivity contribution < 1.29 is 23.8 Å². The first kappa shape index (κ1) is 20.5. The van der Waals surface area contributed by atoms with Gasteiger partial charge in [-0.2, -0.15) is 0 Å². The molecule has 0 saturated carbocycles. The molecule has 7 heteroatoms. The summed E-state index contributed by atoms with van der Waals surface area (Å²) < 4.78 is 16.1. The highest BCUT2D eigenvalue weighted by Crippen LogP contribution is 2.42. The molecule has 1 N–H and O–H groups in total. The lowest BCUT2D eigenvalue weighted by atomic mass is 10.1. The van der Waals surface area contributed by atoms with Gasteiger partial charge < -0.3 is 24.4 Å². The highest BCUT2D eigenvalue weighted by atomic mass is 16.5. The Morgan fingerprint density at radius 3 is 2.24 bits per heavy atom. The summed E-state index contributed by atoms with van der Waals surface area (Å²) in [5.41, 5.74) is 3.49. The van der Waals surface area contributed by atoms with Crippen LogP contribution in [-0.4, -0.2) is 39.7 Å². The number of nitrogens with one attached hydrogen (secondary N) is 1. The van der Waals surface area contributed by atoms with E-state index in [9.17, 15) is 9.59 Å². The first-order valence-corrected chi connectivity index (χ1v) is 9.36. The van der Waals surface area contributed by atoms with E-state index in [2.05, 4.69) is 5.32 Å². The van der Waals surface area contributed by atoms with Gasteiger partial charge in [-0.3, -0.25) is 9.59 Å². The number of rotatable bonds is 6. The second-order valence-electron chi connectivity index (χ2n) is 7.10. The zero-order valence-corrected chi connectivity index (χ0v) is 17.4. The van der Waals surface area contributed by atoms with Crippen LogP contribution in [-0.2, 0) is 9.59 Å². The number of hydrogen-bond acceptors (Lipinski definition) is 5. The van der Waals surface area contributed by atoms with Gasteiger partial charge in [0.2, 0.25) is 17.6 Å². The molecule has 2 amide bonds. The van der Waals surface area contributed by atoms with Gasteiger partial charge in [0.1, 0.15) is 0 Å². The Bertz CT molecular complexity index is 916. The molecule has 7 nitrogen and oxygen atoms in total. The van der Waals surface area contributed by atoms with Crippen LogP contribution in [0.3, 0.4) is 0 Å². The lowest BCUT2D eigenvalue weighted by Crippen LogP contribution is -2.28. The second-order valence-corrected chi connectivity index (χ2v) is 7.10. The molecule has 29 heavy (non-hydrogen) atoms. The number of methoxy groups -OCH3 is 3.